The van der Waals surface area contributed by atoms with E-state index in [1.165, 1.54) is 31.0 Å². The summed E-state index contributed by atoms with van der Waals surface area (Å²) in [5, 5.41) is 6.92. The third kappa shape index (κ3) is 6.20. The van der Waals surface area contributed by atoms with Gasteiger partial charge in [0.15, 0.2) is 5.11 Å². The predicted octanol–water partition coefficient (Wildman–Crippen LogP) is 5.90. The van der Waals surface area contributed by atoms with Gasteiger partial charge in [-0.2, -0.15) is 0 Å². The summed E-state index contributed by atoms with van der Waals surface area (Å²) >= 11 is 17.2. The second kappa shape index (κ2) is 10.1. The van der Waals surface area contributed by atoms with E-state index in [2.05, 4.69) is 34.6 Å². The van der Waals surface area contributed by atoms with Gasteiger partial charge >= 0.3 is 0 Å². The number of thiocarbonyl (C=S) groups is 1. The summed E-state index contributed by atoms with van der Waals surface area (Å²) in [5.41, 5.74) is 2.74. The molecule has 7 heteroatoms. The standard InChI is InChI=1S/C22H23Cl2N3OS/c1-15-4-2-3-13-27(15)19-10-8-18(9-11-19)25-22(29)26-21(28)12-6-16-5-7-17(23)14-20(16)24/h5-12,14-15H,2-4,13H2,1H3,(H2,25,26,28,29)/b12-6+/t15-/m0/s1. The number of piperidine rings is 1. The van der Waals surface area contributed by atoms with Gasteiger partial charge in [0, 0.05) is 40.1 Å². The lowest BCUT2D eigenvalue weighted by Gasteiger charge is -2.35. The number of nitrogens with zero attached hydrogens (tertiary/aromatic N) is 1. The van der Waals surface area contributed by atoms with Crippen molar-refractivity contribution < 1.29 is 4.79 Å². The van der Waals surface area contributed by atoms with Crippen LogP contribution in [0.1, 0.15) is 31.7 Å². The fourth-order valence-corrected chi connectivity index (χ4v) is 4.03. The van der Waals surface area contributed by atoms with Gasteiger partial charge in [-0.15, -0.1) is 0 Å². The zero-order valence-corrected chi connectivity index (χ0v) is 18.4. The van der Waals surface area contributed by atoms with Crippen molar-refractivity contribution >= 4 is 63.9 Å². The number of carbonyl (C=O) groups is 1. The Morgan fingerprint density at radius 3 is 2.62 bits per heavy atom. The van der Waals surface area contributed by atoms with Crippen LogP contribution < -0.4 is 15.5 Å². The average Bonchev–Trinajstić information content (AvgIpc) is 2.68. The predicted molar refractivity (Wildman–Crippen MR) is 127 cm³/mol. The van der Waals surface area contributed by atoms with Crippen LogP contribution in [0.15, 0.2) is 48.5 Å². The van der Waals surface area contributed by atoms with E-state index in [1.807, 2.05) is 12.1 Å². The molecule has 4 nitrogen and oxygen atoms in total. The molecular formula is C22H23Cl2N3OS. The van der Waals surface area contributed by atoms with E-state index in [1.54, 1.807) is 24.3 Å². The summed E-state index contributed by atoms with van der Waals surface area (Å²) < 4.78 is 0. The SMILES string of the molecule is C[C@H]1CCCCN1c1ccc(NC(=S)NC(=O)/C=C/c2ccc(Cl)cc2Cl)cc1. The molecule has 1 fully saturated rings. The lowest BCUT2D eigenvalue weighted by Crippen LogP contribution is -2.37. The molecule has 0 saturated carbocycles. The molecule has 29 heavy (non-hydrogen) atoms. The summed E-state index contributed by atoms with van der Waals surface area (Å²) in [7, 11) is 0. The van der Waals surface area contributed by atoms with Gasteiger partial charge in [0.1, 0.15) is 0 Å². The van der Waals surface area contributed by atoms with Gasteiger partial charge in [-0.25, -0.2) is 0 Å². The molecule has 2 aromatic carbocycles. The van der Waals surface area contributed by atoms with Crippen molar-refractivity contribution in [1.82, 2.24) is 5.32 Å². The van der Waals surface area contributed by atoms with Crippen molar-refractivity contribution in [3.63, 3.8) is 0 Å². The topological polar surface area (TPSA) is 44.4 Å². The minimum Gasteiger partial charge on any atom is -0.369 e. The number of hydrogen-bond donors (Lipinski definition) is 2. The van der Waals surface area contributed by atoms with Gasteiger partial charge in [-0.1, -0.05) is 29.3 Å². The second-order valence-electron chi connectivity index (χ2n) is 7.03. The Kier molecular flexibility index (Phi) is 7.53. The zero-order chi connectivity index (χ0) is 20.8. The van der Waals surface area contributed by atoms with Gasteiger partial charge in [-0.3, -0.25) is 10.1 Å². The molecule has 1 saturated heterocycles. The van der Waals surface area contributed by atoms with E-state index in [4.69, 9.17) is 35.4 Å². The molecule has 2 N–H and O–H groups in total. The summed E-state index contributed by atoms with van der Waals surface area (Å²) in [6.45, 7) is 3.35. The molecule has 2 aromatic rings. The quantitative estimate of drug-likeness (QED) is 0.452. The molecule has 152 valence electrons. The van der Waals surface area contributed by atoms with Gasteiger partial charge < -0.3 is 10.2 Å². The van der Waals surface area contributed by atoms with Crippen LogP contribution in [0.25, 0.3) is 6.08 Å². The van der Waals surface area contributed by atoms with Crippen molar-refractivity contribution in [3.8, 4) is 0 Å². The van der Waals surface area contributed by atoms with E-state index < -0.39 is 0 Å². The molecule has 0 aromatic heterocycles. The van der Waals surface area contributed by atoms with E-state index in [-0.39, 0.29) is 11.0 Å². The smallest absolute Gasteiger partial charge is 0.250 e. The van der Waals surface area contributed by atoms with Crippen LogP contribution in [0.3, 0.4) is 0 Å². The number of carbonyl (C=O) groups excluding carboxylic acids is 1. The molecule has 3 rings (SSSR count). The van der Waals surface area contributed by atoms with Gasteiger partial charge in [0.2, 0.25) is 5.91 Å². The first-order valence-electron chi connectivity index (χ1n) is 9.54. The molecule has 1 atom stereocenters. The first-order chi connectivity index (χ1) is 13.9. The van der Waals surface area contributed by atoms with Crippen LogP contribution in [0.5, 0.6) is 0 Å². The molecule has 0 aliphatic carbocycles. The Labute approximate surface area is 186 Å². The molecule has 1 aliphatic heterocycles. The maximum absolute atomic E-state index is 12.1. The highest BCUT2D eigenvalue weighted by molar-refractivity contribution is 7.80. The molecule has 1 amide bonds. The Morgan fingerprint density at radius 2 is 1.93 bits per heavy atom. The minimum atomic E-state index is -0.340. The maximum atomic E-state index is 12.1. The molecule has 0 bridgehead atoms. The lowest BCUT2D eigenvalue weighted by molar-refractivity contribution is -0.115. The van der Waals surface area contributed by atoms with Crippen LogP contribution in [0.2, 0.25) is 10.0 Å². The number of halogens is 2. The highest BCUT2D eigenvalue weighted by atomic mass is 35.5. The highest BCUT2D eigenvalue weighted by Crippen LogP contribution is 2.26. The molecule has 0 radical (unpaired) electrons. The van der Waals surface area contributed by atoms with Crippen molar-refractivity contribution in [3.05, 3.63) is 64.1 Å². The Balaban J connectivity index is 1.53. The fraction of sp³-hybridized carbons (Fsp3) is 0.273. The summed E-state index contributed by atoms with van der Waals surface area (Å²) in [6.07, 6.45) is 6.75. The first-order valence-corrected chi connectivity index (χ1v) is 10.7. The van der Waals surface area contributed by atoms with Crippen molar-refractivity contribution in [1.29, 1.82) is 0 Å². The van der Waals surface area contributed by atoms with Crippen LogP contribution in [-0.2, 0) is 4.79 Å². The third-order valence-corrected chi connectivity index (χ3v) is 5.64. The van der Waals surface area contributed by atoms with E-state index >= 15 is 0 Å². The van der Waals surface area contributed by atoms with Crippen molar-refractivity contribution in [2.24, 2.45) is 0 Å². The zero-order valence-electron chi connectivity index (χ0n) is 16.1. The van der Waals surface area contributed by atoms with Gasteiger partial charge in [0.05, 0.1) is 0 Å². The molecule has 0 spiro atoms. The highest BCUT2D eigenvalue weighted by Gasteiger charge is 2.18. The first kappa shape index (κ1) is 21.6. The number of nitrogens with one attached hydrogen (secondary N) is 2. The Bertz CT molecular complexity index is 915. The molecule has 1 heterocycles. The van der Waals surface area contributed by atoms with Crippen molar-refractivity contribution in [2.45, 2.75) is 32.2 Å². The number of anilines is 2. The monoisotopic (exact) mass is 447 g/mol. The van der Waals surface area contributed by atoms with Gasteiger partial charge in [-0.05, 0) is 86.4 Å². The van der Waals surface area contributed by atoms with Crippen LogP contribution in [0.4, 0.5) is 11.4 Å². The fourth-order valence-electron chi connectivity index (χ4n) is 3.34. The largest absolute Gasteiger partial charge is 0.369 e. The number of benzene rings is 2. The average molecular weight is 448 g/mol. The normalized spacial score (nSPS) is 16.7. The number of hydrogen-bond acceptors (Lipinski definition) is 3. The Morgan fingerprint density at radius 1 is 1.17 bits per heavy atom. The van der Waals surface area contributed by atoms with Gasteiger partial charge in [0.25, 0.3) is 0 Å². The van der Waals surface area contributed by atoms with E-state index in [0.717, 1.165) is 12.2 Å². The Hall–Kier alpha value is -2.08. The molecular weight excluding hydrogens is 425 g/mol. The summed E-state index contributed by atoms with van der Waals surface area (Å²) in [4.78, 5) is 14.5. The molecule has 0 unspecified atom stereocenters. The summed E-state index contributed by atoms with van der Waals surface area (Å²) in [5.74, 6) is -0.340. The van der Waals surface area contributed by atoms with E-state index in [9.17, 15) is 4.79 Å². The number of rotatable bonds is 4. The van der Waals surface area contributed by atoms with E-state index in [0.29, 0.717) is 21.7 Å². The maximum Gasteiger partial charge on any atom is 0.250 e. The van der Waals surface area contributed by atoms with Crippen molar-refractivity contribution in [2.75, 3.05) is 16.8 Å². The summed E-state index contributed by atoms with van der Waals surface area (Å²) in [6, 6.07) is 13.7. The molecule has 1 aliphatic rings. The minimum absolute atomic E-state index is 0.237. The lowest BCUT2D eigenvalue weighted by atomic mass is 10.0. The van der Waals surface area contributed by atoms with Crippen LogP contribution in [0, 0.1) is 0 Å². The second-order valence-corrected chi connectivity index (χ2v) is 8.28. The van der Waals surface area contributed by atoms with Crippen LogP contribution in [-0.4, -0.2) is 23.6 Å². The third-order valence-electron chi connectivity index (χ3n) is 4.87. The van der Waals surface area contributed by atoms with Crippen LogP contribution >= 0.6 is 35.4 Å². The number of amides is 1.